The van der Waals surface area contributed by atoms with Crippen LogP contribution in [-0.4, -0.2) is 22.0 Å². The summed E-state index contributed by atoms with van der Waals surface area (Å²) in [4.78, 5) is 23.0. The number of aromatic amines is 1. The molecule has 2 amide bonds. The molecule has 2 rings (SSSR count). The summed E-state index contributed by atoms with van der Waals surface area (Å²) < 4.78 is 0. The molecule has 1 heterocycles. The number of rotatable bonds is 3. The Kier molecular flexibility index (Phi) is 3.61. The van der Waals surface area contributed by atoms with Crippen molar-refractivity contribution in [1.82, 2.24) is 10.2 Å². The quantitative estimate of drug-likeness (QED) is 0.786. The molecule has 0 fully saturated rings. The highest BCUT2D eigenvalue weighted by Crippen LogP contribution is 2.14. The zero-order chi connectivity index (χ0) is 13.8. The number of amides is 2. The van der Waals surface area contributed by atoms with E-state index in [0.29, 0.717) is 17.1 Å². The van der Waals surface area contributed by atoms with Crippen LogP contribution < -0.4 is 10.6 Å². The van der Waals surface area contributed by atoms with Crippen molar-refractivity contribution in [3.63, 3.8) is 0 Å². The first-order valence-corrected chi connectivity index (χ1v) is 5.75. The lowest BCUT2D eigenvalue weighted by atomic mass is 10.2. The minimum atomic E-state index is -0.264. The van der Waals surface area contributed by atoms with Crippen LogP contribution in [0.2, 0.25) is 0 Å². The van der Waals surface area contributed by atoms with E-state index in [0.717, 1.165) is 5.56 Å². The number of nitrogens with zero attached hydrogens (tertiary/aromatic N) is 1. The molecule has 1 aromatic carbocycles. The summed E-state index contributed by atoms with van der Waals surface area (Å²) in [7, 11) is 0. The van der Waals surface area contributed by atoms with Crippen LogP contribution in [0.5, 0.6) is 0 Å². The Morgan fingerprint density at radius 2 is 2.05 bits per heavy atom. The molecule has 0 atom stereocenters. The van der Waals surface area contributed by atoms with Crippen molar-refractivity contribution < 1.29 is 9.59 Å². The number of hydrogen-bond donors (Lipinski definition) is 3. The first kappa shape index (κ1) is 12.8. The third-order valence-electron chi connectivity index (χ3n) is 2.51. The van der Waals surface area contributed by atoms with Crippen LogP contribution in [0.1, 0.15) is 22.8 Å². The van der Waals surface area contributed by atoms with Crippen LogP contribution in [-0.2, 0) is 4.79 Å². The van der Waals surface area contributed by atoms with E-state index in [9.17, 15) is 9.59 Å². The number of hydrogen-bond acceptors (Lipinski definition) is 3. The summed E-state index contributed by atoms with van der Waals surface area (Å²) in [6.45, 7) is 3.26. The first-order valence-electron chi connectivity index (χ1n) is 5.75. The molecule has 1 aromatic heterocycles. The van der Waals surface area contributed by atoms with Crippen molar-refractivity contribution >= 4 is 23.3 Å². The fraction of sp³-hybridized carbons (Fsp3) is 0.154. The van der Waals surface area contributed by atoms with Crippen LogP contribution in [0.25, 0.3) is 0 Å². The number of H-pyrrole nitrogens is 1. The number of aromatic nitrogens is 2. The highest BCUT2D eigenvalue weighted by Gasteiger charge is 2.09. The van der Waals surface area contributed by atoms with Crippen molar-refractivity contribution in [3.05, 3.63) is 41.6 Å². The molecule has 19 heavy (non-hydrogen) atoms. The van der Waals surface area contributed by atoms with Gasteiger partial charge in [-0.1, -0.05) is 6.07 Å². The number of carbonyl (C=O) groups excluding carboxylic acids is 2. The molecule has 0 radical (unpaired) electrons. The van der Waals surface area contributed by atoms with Gasteiger partial charge >= 0.3 is 0 Å². The maximum atomic E-state index is 12.0. The summed E-state index contributed by atoms with van der Waals surface area (Å²) in [5.74, 6) is 0.122. The van der Waals surface area contributed by atoms with Crippen LogP contribution in [0.4, 0.5) is 11.5 Å². The third-order valence-corrected chi connectivity index (χ3v) is 2.51. The predicted octanol–water partition coefficient (Wildman–Crippen LogP) is 1.93. The Morgan fingerprint density at radius 3 is 2.68 bits per heavy atom. The van der Waals surface area contributed by atoms with Crippen LogP contribution in [0.15, 0.2) is 30.5 Å². The largest absolute Gasteiger partial charge is 0.326 e. The fourth-order valence-electron chi connectivity index (χ4n) is 1.60. The smallest absolute Gasteiger partial charge is 0.256 e. The Morgan fingerprint density at radius 1 is 1.26 bits per heavy atom. The standard InChI is InChI=1S/C13H14N4O2/c1-8-7-14-17-12(8)16-13(19)10-4-3-5-11(6-10)15-9(2)18/h3-7H,1-2H3,(H,15,18)(H2,14,16,17,19). The van der Waals surface area contributed by atoms with Crippen LogP contribution in [0, 0.1) is 6.92 Å². The van der Waals surface area contributed by atoms with Gasteiger partial charge in [-0.15, -0.1) is 0 Å². The van der Waals surface area contributed by atoms with Gasteiger partial charge in [0.05, 0.1) is 6.20 Å². The SMILES string of the molecule is CC(=O)Nc1cccc(C(=O)Nc2[nH]ncc2C)c1. The van der Waals surface area contributed by atoms with E-state index in [1.54, 1.807) is 30.5 Å². The second-order valence-corrected chi connectivity index (χ2v) is 4.14. The average molecular weight is 258 g/mol. The topological polar surface area (TPSA) is 86.9 Å². The van der Waals surface area contributed by atoms with E-state index >= 15 is 0 Å². The second kappa shape index (κ2) is 5.34. The molecular weight excluding hydrogens is 244 g/mol. The average Bonchev–Trinajstić information content (AvgIpc) is 2.74. The number of anilines is 2. The van der Waals surface area contributed by atoms with Gasteiger partial charge in [-0.25, -0.2) is 0 Å². The Hall–Kier alpha value is -2.63. The van der Waals surface area contributed by atoms with Crippen molar-refractivity contribution in [2.24, 2.45) is 0 Å². The van der Waals surface area contributed by atoms with E-state index in [2.05, 4.69) is 20.8 Å². The number of carbonyl (C=O) groups is 2. The van der Waals surface area contributed by atoms with E-state index in [4.69, 9.17) is 0 Å². The Balaban J connectivity index is 2.15. The molecule has 98 valence electrons. The van der Waals surface area contributed by atoms with Gasteiger partial charge in [-0.05, 0) is 25.1 Å². The zero-order valence-corrected chi connectivity index (χ0v) is 10.7. The van der Waals surface area contributed by atoms with E-state index < -0.39 is 0 Å². The maximum absolute atomic E-state index is 12.0. The summed E-state index contributed by atoms with van der Waals surface area (Å²) in [6, 6.07) is 6.72. The highest BCUT2D eigenvalue weighted by molar-refractivity contribution is 6.05. The predicted molar refractivity (Wildman–Crippen MR) is 72.0 cm³/mol. The van der Waals surface area contributed by atoms with Gasteiger partial charge in [0.2, 0.25) is 5.91 Å². The molecule has 6 nitrogen and oxygen atoms in total. The van der Waals surface area contributed by atoms with Crippen molar-refractivity contribution in [3.8, 4) is 0 Å². The van der Waals surface area contributed by atoms with Gasteiger partial charge in [0.25, 0.3) is 5.91 Å². The van der Waals surface area contributed by atoms with Crippen LogP contribution in [0.3, 0.4) is 0 Å². The minimum Gasteiger partial charge on any atom is -0.326 e. The number of nitrogens with one attached hydrogen (secondary N) is 3. The third kappa shape index (κ3) is 3.19. The number of aryl methyl sites for hydroxylation is 1. The molecule has 0 aliphatic carbocycles. The van der Waals surface area contributed by atoms with Gasteiger partial charge in [-0.2, -0.15) is 5.10 Å². The molecule has 3 N–H and O–H groups in total. The molecule has 6 heteroatoms. The normalized spacial score (nSPS) is 10.0. The van der Waals surface area contributed by atoms with Crippen molar-refractivity contribution in [2.45, 2.75) is 13.8 Å². The molecule has 0 aliphatic heterocycles. The molecule has 2 aromatic rings. The molecule has 0 aliphatic rings. The van der Waals surface area contributed by atoms with E-state index in [1.807, 2.05) is 6.92 Å². The molecule has 0 spiro atoms. The minimum absolute atomic E-state index is 0.179. The molecule has 0 unspecified atom stereocenters. The Labute approximate surface area is 110 Å². The molecular formula is C13H14N4O2. The molecule has 0 saturated heterocycles. The highest BCUT2D eigenvalue weighted by atomic mass is 16.2. The number of benzene rings is 1. The summed E-state index contributed by atoms with van der Waals surface area (Å²) >= 11 is 0. The van der Waals surface area contributed by atoms with E-state index in [-0.39, 0.29) is 11.8 Å². The lowest BCUT2D eigenvalue weighted by Gasteiger charge is -2.06. The monoisotopic (exact) mass is 258 g/mol. The summed E-state index contributed by atoms with van der Waals surface area (Å²) in [5.41, 5.74) is 1.90. The summed E-state index contributed by atoms with van der Waals surface area (Å²) in [5, 5.41) is 11.9. The van der Waals surface area contributed by atoms with Crippen molar-refractivity contribution in [2.75, 3.05) is 10.6 Å². The van der Waals surface area contributed by atoms with Gasteiger partial charge in [0.1, 0.15) is 5.82 Å². The van der Waals surface area contributed by atoms with Gasteiger partial charge in [-0.3, -0.25) is 14.7 Å². The first-order chi connectivity index (χ1) is 9.06. The zero-order valence-electron chi connectivity index (χ0n) is 10.7. The Bertz CT molecular complexity index is 619. The molecule has 0 saturated carbocycles. The fourth-order valence-corrected chi connectivity index (χ4v) is 1.60. The maximum Gasteiger partial charge on any atom is 0.256 e. The van der Waals surface area contributed by atoms with E-state index in [1.165, 1.54) is 6.92 Å². The van der Waals surface area contributed by atoms with Gasteiger partial charge in [0, 0.05) is 23.7 Å². The summed E-state index contributed by atoms with van der Waals surface area (Å²) in [6.07, 6.45) is 1.63. The second-order valence-electron chi connectivity index (χ2n) is 4.14. The van der Waals surface area contributed by atoms with Crippen LogP contribution >= 0.6 is 0 Å². The van der Waals surface area contributed by atoms with Gasteiger partial charge < -0.3 is 10.6 Å². The molecule has 0 bridgehead atoms. The lowest BCUT2D eigenvalue weighted by molar-refractivity contribution is -0.114. The van der Waals surface area contributed by atoms with Crippen molar-refractivity contribution in [1.29, 1.82) is 0 Å². The van der Waals surface area contributed by atoms with Gasteiger partial charge in [0.15, 0.2) is 0 Å². The lowest BCUT2D eigenvalue weighted by Crippen LogP contribution is -2.14.